The van der Waals surface area contributed by atoms with Crippen molar-refractivity contribution in [3.05, 3.63) is 40.5 Å². The van der Waals surface area contributed by atoms with Crippen LogP contribution in [-0.2, 0) is 11.3 Å². The molecule has 10 nitrogen and oxygen atoms in total. The number of ether oxygens (including phenoxy) is 2. The highest BCUT2D eigenvalue weighted by atomic mass is 35.5. The Kier molecular flexibility index (Phi) is 9.99. The van der Waals surface area contributed by atoms with Crippen molar-refractivity contribution in [2.75, 3.05) is 35.9 Å². The maximum atomic E-state index is 13.9. The van der Waals surface area contributed by atoms with Gasteiger partial charge in [0, 0.05) is 29.9 Å². The van der Waals surface area contributed by atoms with E-state index in [0.717, 1.165) is 24.2 Å². The van der Waals surface area contributed by atoms with E-state index in [-0.39, 0.29) is 63.5 Å². The second kappa shape index (κ2) is 13.7. The molecule has 0 spiro atoms. The number of fused-ring (bicyclic) bond motifs is 1. The normalized spacial score (nSPS) is 22.2. The van der Waals surface area contributed by atoms with Crippen LogP contribution in [0.5, 0.6) is 11.5 Å². The standard InChI is InChI=1S/C30H36Cl2F2N6O4/c1-4-24(41)36-19-10-9-17(16-7-5-6-8-16)11-20(19)37-29-35-13-18-14-39(30(42)40(15-23(33)34)28(18)38-29)27-25(31)21(43-2)12-22(44-3)26(27)32/h4,12-13,16-17,19-20,23H,1,5-11,14-15H2,2-3H3,(H,36,41)(H,35,37,38). The largest absolute Gasteiger partial charge is 0.495 e. The second-order valence-corrected chi connectivity index (χ2v) is 12.1. The number of nitrogens with zero attached hydrogens (tertiary/aromatic N) is 4. The number of aromatic nitrogens is 2. The van der Waals surface area contributed by atoms with Gasteiger partial charge in [-0.05, 0) is 37.2 Å². The van der Waals surface area contributed by atoms with E-state index < -0.39 is 19.0 Å². The zero-order valence-electron chi connectivity index (χ0n) is 24.6. The molecule has 2 aromatic rings. The summed E-state index contributed by atoms with van der Waals surface area (Å²) in [5, 5.41) is 6.42. The second-order valence-electron chi connectivity index (χ2n) is 11.4. The molecule has 3 atom stereocenters. The number of urea groups is 1. The molecule has 1 aliphatic heterocycles. The number of alkyl halides is 2. The molecule has 1 aromatic heterocycles. The van der Waals surface area contributed by atoms with Gasteiger partial charge in [-0.25, -0.2) is 18.6 Å². The van der Waals surface area contributed by atoms with Crippen molar-refractivity contribution in [3.8, 4) is 11.5 Å². The molecule has 0 radical (unpaired) electrons. The highest BCUT2D eigenvalue weighted by Gasteiger charge is 2.39. The van der Waals surface area contributed by atoms with Gasteiger partial charge in [-0.2, -0.15) is 4.98 Å². The Morgan fingerprint density at radius 2 is 1.80 bits per heavy atom. The highest BCUT2D eigenvalue weighted by molar-refractivity contribution is 6.42. The third-order valence-corrected chi connectivity index (χ3v) is 9.54. The number of hydrogen-bond acceptors (Lipinski definition) is 7. The van der Waals surface area contributed by atoms with Gasteiger partial charge in [0.2, 0.25) is 11.9 Å². The topological polar surface area (TPSA) is 109 Å². The number of anilines is 3. The van der Waals surface area contributed by atoms with Gasteiger partial charge in [-0.15, -0.1) is 0 Å². The third-order valence-electron chi connectivity index (χ3n) is 8.81. The minimum absolute atomic E-state index is 0.0213. The lowest BCUT2D eigenvalue weighted by Gasteiger charge is -2.40. The van der Waals surface area contributed by atoms with E-state index in [2.05, 4.69) is 27.2 Å². The van der Waals surface area contributed by atoms with E-state index in [0.29, 0.717) is 17.4 Å². The first-order chi connectivity index (χ1) is 21.1. The molecule has 3 amide bonds. The van der Waals surface area contributed by atoms with E-state index in [1.54, 1.807) is 0 Å². The molecule has 2 saturated carbocycles. The summed E-state index contributed by atoms with van der Waals surface area (Å²) in [6, 6.07) is 0.287. The average molecular weight is 654 g/mol. The smallest absolute Gasteiger partial charge is 0.330 e. The summed E-state index contributed by atoms with van der Waals surface area (Å²) >= 11 is 13.1. The van der Waals surface area contributed by atoms with Crippen LogP contribution >= 0.6 is 23.2 Å². The van der Waals surface area contributed by atoms with Crippen LogP contribution in [0, 0.1) is 11.8 Å². The molecule has 2 heterocycles. The van der Waals surface area contributed by atoms with E-state index in [4.69, 9.17) is 32.7 Å². The van der Waals surface area contributed by atoms with Gasteiger partial charge in [-0.3, -0.25) is 14.6 Å². The molecular weight excluding hydrogens is 617 g/mol. The van der Waals surface area contributed by atoms with Crippen molar-refractivity contribution in [3.63, 3.8) is 0 Å². The van der Waals surface area contributed by atoms with Gasteiger partial charge < -0.3 is 20.1 Å². The number of hydrogen-bond donors (Lipinski definition) is 2. The minimum Gasteiger partial charge on any atom is -0.495 e. The summed E-state index contributed by atoms with van der Waals surface area (Å²) in [5.74, 6) is 1.48. The first-order valence-corrected chi connectivity index (χ1v) is 15.4. The molecule has 14 heteroatoms. The molecule has 1 aromatic carbocycles. The lowest BCUT2D eigenvalue weighted by molar-refractivity contribution is -0.117. The first-order valence-electron chi connectivity index (χ1n) is 14.7. The lowest BCUT2D eigenvalue weighted by Crippen LogP contribution is -2.51. The number of benzene rings is 1. The number of carbonyl (C=O) groups excluding carboxylic acids is 2. The molecule has 44 heavy (non-hydrogen) atoms. The number of rotatable bonds is 10. The Labute approximate surface area is 265 Å². The molecule has 5 rings (SSSR count). The van der Waals surface area contributed by atoms with Crippen LogP contribution in [0.3, 0.4) is 0 Å². The van der Waals surface area contributed by atoms with Gasteiger partial charge in [-0.1, -0.05) is 55.5 Å². The number of amides is 3. The zero-order chi connectivity index (χ0) is 31.5. The predicted molar refractivity (Wildman–Crippen MR) is 165 cm³/mol. The van der Waals surface area contributed by atoms with Gasteiger partial charge >= 0.3 is 6.03 Å². The molecule has 0 bridgehead atoms. The molecule has 2 fully saturated rings. The van der Waals surface area contributed by atoms with Gasteiger partial charge in [0.25, 0.3) is 6.43 Å². The van der Waals surface area contributed by atoms with Crippen LogP contribution in [0.2, 0.25) is 10.0 Å². The monoisotopic (exact) mass is 652 g/mol. The number of nitrogens with one attached hydrogen (secondary N) is 2. The Morgan fingerprint density at radius 1 is 1.11 bits per heavy atom. The SMILES string of the molecule is C=CC(=O)NC1CCC(C2CCCC2)CC1Nc1ncc2c(n1)N(CC(F)F)C(=O)N(c1c(Cl)c(OC)cc(OC)c1Cl)C2. The molecule has 238 valence electrons. The van der Waals surface area contributed by atoms with E-state index in [9.17, 15) is 18.4 Å². The van der Waals surface area contributed by atoms with Crippen molar-refractivity contribution < 1.29 is 27.8 Å². The summed E-state index contributed by atoms with van der Waals surface area (Å²) in [7, 11) is 2.79. The Morgan fingerprint density at radius 3 is 2.41 bits per heavy atom. The molecule has 3 unspecified atom stereocenters. The van der Waals surface area contributed by atoms with Crippen LogP contribution in [0.1, 0.15) is 50.5 Å². The zero-order valence-corrected chi connectivity index (χ0v) is 26.1. The minimum atomic E-state index is -2.85. The summed E-state index contributed by atoms with van der Waals surface area (Å²) in [6.45, 7) is 2.56. The molecule has 3 aliphatic rings. The molecule has 2 aliphatic carbocycles. The Bertz CT molecular complexity index is 1380. The summed E-state index contributed by atoms with van der Waals surface area (Å²) in [4.78, 5) is 37.2. The van der Waals surface area contributed by atoms with Crippen molar-refractivity contribution in [2.24, 2.45) is 11.8 Å². The van der Waals surface area contributed by atoms with Crippen molar-refractivity contribution >= 4 is 52.6 Å². The fraction of sp³-hybridized carbons (Fsp3) is 0.533. The average Bonchev–Trinajstić information content (AvgIpc) is 3.55. The van der Waals surface area contributed by atoms with E-state index >= 15 is 0 Å². The van der Waals surface area contributed by atoms with Crippen LogP contribution in [0.25, 0.3) is 0 Å². The Hall–Kier alpha value is -3.38. The lowest BCUT2D eigenvalue weighted by atomic mass is 9.75. The van der Waals surface area contributed by atoms with Crippen molar-refractivity contribution in [1.29, 1.82) is 0 Å². The Balaban J connectivity index is 1.47. The van der Waals surface area contributed by atoms with Gasteiger partial charge in [0.15, 0.2) is 0 Å². The fourth-order valence-corrected chi connectivity index (χ4v) is 7.38. The number of halogens is 4. The van der Waals surface area contributed by atoms with Crippen LogP contribution in [0.4, 0.5) is 31.0 Å². The number of carbonyl (C=O) groups is 2. The fourth-order valence-electron chi connectivity index (χ4n) is 6.67. The third kappa shape index (κ3) is 6.51. The quantitative estimate of drug-likeness (QED) is 0.284. The molecular formula is C30H36Cl2F2N6O4. The molecule has 0 saturated heterocycles. The summed E-state index contributed by atoms with van der Waals surface area (Å²) < 4.78 is 38.4. The predicted octanol–water partition coefficient (Wildman–Crippen LogP) is 6.45. The van der Waals surface area contributed by atoms with Crippen LogP contribution in [0.15, 0.2) is 24.9 Å². The summed E-state index contributed by atoms with van der Waals surface area (Å²) in [5.41, 5.74) is 0.469. The van der Waals surface area contributed by atoms with Crippen molar-refractivity contribution in [2.45, 2.75) is 70.0 Å². The maximum absolute atomic E-state index is 13.9. The summed E-state index contributed by atoms with van der Waals surface area (Å²) in [6.07, 6.45) is 7.32. The van der Waals surface area contributed by atoms with Gasteiger partial charge in [0.1, 0.15) is 27.4 Å². The molecule has 2 N–H and O–H groups in total. The highest BCUT2D eigenvalue weighted by Crippen LogP contribution is 2.48. The van der Waals surface area contributed by atoms with E-state index in [1.807, 2.05) is 0 Å². The van der Waals surface area contributed by atoms with Crippen molar-refractivity contribution in [1.82, 2.24) is 15.3 Å². The van der Waals surface area contributed by atoms with Crippen LogP contribution in [-0.4, -0.2) is 61.2 Å². The van der Waals surface area contributed by atoms with E-state index in [1.165, 1.54) is 63.1 Å². The number of methoxy groups -OCH3 is 2. The first kappa shape index (κ1) is 32.0. The van der Waals surface area contributed by atoms with Gasteiger partial charge in [0.05, 0.1) is 33.0 Å². The van der Waals surface area contributed by atoms with Crippen LogP contribution < -0.4 is 29.9 Å². The maximum Gasteiger partial charge on any atom is 0.330 e.